The van der Waals surface area contributed by atoms with E-state index in [1.165, 1.54) is 10.6 Å². The van der Waals surface area contributed by atoms with Gasteiger partial charge in [-0.3, -0.25) is 4.79 Å². The molecule has 0 radical (unpaired) electrons. The molecule has 24 heavy (non-hydrogen) atoms. The van der Waals surface area contributed by atoms with Gasteiger partial charge in [-0.2, -0.15) is 0 Å². The standard InChI is InChI=1S/C19H22N2OS2/c1-3-15-12-21(17-9-4-5-10-18(17)24-15)13-19(22)20-14-7-6-8-16(11-14)23-2/h4-11,15H,3,12-13H2,1-2H3,(H,20,22)/t15-/m1/s1. The highest BCUT2D eigenvalue weighted by molar-refractivity contribution is 8.00. The van der Waals surface area contributed by atoms with Gasteiger partial charge < -0.3 is 10.2 Å². The number of hydrogen-bond acceptors (Lipinski definition) is 4. The van der Waals surface area contributed by atoms with Crippen LogP contribution in [0.25, 0.3) is 0 Å². The van der Waals surface area contributed by atoms with E-state index in [1.54, 1.807) is 11.8 Å². The number of nitrogens with zero attached hydrogens (tertiary/aromatic N) is 1. The van der Waals surface area contributed by atoms with Crippen LogP contribution in [0.1, 0.15) is 13.3 Å². The van der Waals surface area contributed by atoms with Crippen molar-refractivity contribution in [1.29, 1.82) is 0 Å². The van der Waals surface area contributed by atoms with E-state index in [0.717, 1.165) is 23.5 Å². The second-order valence-electron chi connectivity index (χ2n) is 5.78. The maximum absolute atomic E-state index is 12.5. The minimum absolute atomic E-state index is 0.0322. The van der Waals surface area contributed by atoms with Crippen LogP contribution in [-0.4, -0.2) is 30.5 Å². The summed E-state index contributed by atoms with van der Waals surface area (Å²) in [5.74, 6) is 0.0322. The average Bonchev–Trinajstić information content (AvgIpc) is 2.61. The van der Waals surface area contributed by atoms with E-state index in [-0.39, 0.29) is 5.91 Å². The van der Waals surface area contributed by atoms with Gasteiger partial charge in [-0.25, -0.2) is 0 Å². The van der Waals surface area contributed by atoms with Crippen LogP contribution in [0.5, 0.6) is 0 Å². The molecule has 0 fully saturated rings. The van der Waals surface area contributed by atoms with Crippen molar-refractivity contribution in [2.75, 3.05) is 29.6 Å². The number of rotatable bonds is 5. The van der Waals surface area contributed by atoms with Gasteiger partial charge in [0.25, 0.3) is 0 Å². The predicted octanol–water partition coefficient (Wildman–Crippen LogP) is 4.74. The lowest BCUT2D eigenvalue weighted by molar-refractivity contribution is -0.115. The molecule has 1 amide bonds. The fraction of sp³-hybridized carbons (Fsp3) is 0.316. The molecule has 0 saturated heterocycles. The molecular formula is C19H22N2OS2. The molecule has 0 aromatic heterocycles. The Labute approximate surface area is 152 Å². The summed E-state index contributed by atoms with van der Waals surface area (Å²) in [5.41, 5.74) is 2.03. The third-order valence-corrected chi connectivity index (χ3v) is 6.21. The zero-order chi connectivity index (χ0) is 16.9. The number of para-hydroxylation sites is 1. The number of benzene rings is 2. The van der Waals surface area contributed by atoms with Crippen molar-refractivity contribution in [3.8, 4) is 0 Å². The molecule has 0 aliphatic carbocycles. The van der Waals surface area contributed by atoms with Gasteiger partial charge in [0.1, 0.15) is 0 Å². The van der Waals surface area contributed by atoms with Crippen molar-refractivity contribution >= 4 is 40.8 Å². The molecule has 1 heterocycles. The van der Waals surface area contributed by atoms with E-state index in [0.29, 0.717) is 11.8 Å². The van der Waals surface area contributed by atoms with E-state index >= 15 is 0 Å². The van der Waals surface area contributed by atoms with E-state index < -0.39 is 0 Å². The molecule has 0 unspecified atom stereocenters. The zero-order valence-corrected chi connectivity index (χ0v) is 15.6. The van der Waals surface area contributed by atoms with Crippen molar-refractivity contribution in [3.63, 3.8) is 0 Å². The Bertz CT molecular complexity index is 720. The molecule has 5 heteroatoms. The van der Waals surface area contributed by atoms with Crippen LogP contribution in [0.4, 0.5) is 11.4 Å². The van der Waals surface area contributed by atoms with Gasteiger partial charge >= 0.3 is 0 Å². The molecule has 126 valence electrons. The summed E-state index contributed by atoms with van der Waals surface area (Å²) in [4.78, 5) is 17.1. The first-order chi connectivity index (χ1) is 11.7. The molecule has 2 aromatic carbocycles. The molecule has 0 saturated carbocycles. The number of nitrogens with one attached hydrogen (secondary N) is 1. The van der Waals surface area contributed by atoms with Crippen LogP contribution in [0, 0.1) is 0 Å². The first-order valence-corrected chi connectivity index (χ1v) is 10.2. The molecule has 3 nitrogen and oxygen atoms in total. The number of amides is 1. The molecule has 3 rings (SSSR count). The van der Waals surface area contributed by atoms with E-state index in [1.807, 2.05) is 48.3 Å². The van der Waals surface area contributed by atoms with Crippen LogP contribution in [-0.2, 0) is 4.79 Å². The molecule has 1 aliphatic heterocycles. The Hall–Kier alpha value is -1.59. The zero-order valence-electron chi connectivity index (χ0n) is 14.0. The number of hydrogen-bond donors (Lipinski definition) is 1. The lowest BCUT2D eigenvalue weighted by Crippen LogP contribution is -2.40. The number of fused-ring (bicyclic) bond motifs is 1. The monoisotopic (exact) mass is 358 g/mol. The van der Waals surface area contributed by atoms with Crippen LogP contribution in [0.3, 0.4) is 0 Å². The Morgan fingerprint density at radius 2 is 2.12 bits per heavy atom. The minimum Gasteiger partial charge on any atom is -0.360 e. The Morgan fingerprint density at radius 1 is 1.29 bits per heavy atom. The second-order valence-corrected chi connectivity index (χ2v) is 8.00. The molecule has 0 bridgehead atoms. The predicted molar refractivity (Wildman–Crippen MR) is 105 cm³/mol. The highest BCUT2D eigenvalue weighted by Crippen LogP contribution is 2.39. The molecule has 0 spiro atoms. The topological polar surface area (TPSA) is 32.3 Å². The summed E-state index contributed by atoms with van der Waals surface area (Å²) < 4.78 is 0. The summed E-state index contributed by atoms with van der Waals surface area (Å²) in [6, 6.07) is 16.3. The van der Waals surface area contributed by atoms with Gasteiger partial charge in [0.15, 0.2) is 0 Å². The maximum atomic E-state index is 12.5. The summed E-state index contributed by atoms with van der Waals surface area (Å²) in [6.07, 6.45) is 3.14. The summed E-state index contributed by atoms with van der Waals surface area (Å²) in [6.45, 7) is 3.51. The van der Waals surface area contributed by atoms with Crippen molar-refractivity contribution < 1.29 is 4.79 Å². The number of carbonyl (C=O) groups excluding carboxylic acids is 1. The largest absolute Gasteiger partial charge is 0.360 e. The van der Waals surface area contributed by atoms with Crippen molar-refractivity contribution in [1.82, 2.24) is 0 Å². The van der Waals surface area contributed by atoms with Gasteiger partial charge in [0.05, 0.1) is 12.2 Å². The lowest BCUT2D eigenvalue weighted by atomic mass is 10.2. The first kappa shape index (κ1) is 17.2. The normalized spacial score (nSPS) is 16.6. The van der Waals surface area contributed by atoms with Gasteiger partial charge in [-0.05, 0) is 43.0 Å². The van der Waals surface area contributed by atoms with Crippen LogP contribution in [0.15, 0.2) is 58.3 Å². The maximum Gasteiger partial charge on any atom is 0.243 e. The molecule has 1 N–H and O–H groups in total. The fourth-order valence-corrected chi connectivity index (χ4v) is 4.53. The third kappa shape index (κ3) is 4.08. The van der Waals surface area contributed by atoms with Crippen LogP contribution in [0.2, 0.25) is 0 Å². The minimum atomic E-state index is 0.0322. The van der Waals surface area contributed by atoms with Gasteiger partial charge in [-0.1, -0.05) is 25.1 Å². The highest BCUT2D eigenvalue weighted by Gasteiger charge is 2.25. The second kappa shape index (κ2) is 7.99. The number of carbonyl (C=O) groups is 1. The summed E-state index contributed by atoms with van der Waals surface area (Å²) in [7, 11) is 0. The van der Waals surface area contributed by atoms with Gasteiger partial charge in [0.2, 0.25) is 5.91 Å². The van der Waals surface area contributed by atoms with Crippen LogP contribution < -0.4 is 10.2 Å². The van der Waals surface area contributed by atoms with E-state index in [9.17, 15) is 4.79 Å². The molecule has 2 aromatic rings. The van der Waals surface area contributed by atoms with Gasteiger partial charge in [0, 0.05) is 27.3 Å². The number of anilines is 2. The Balaban J connectivity index is 1.71. The van der Waals surface area contributed by atoms with Crippen molar-refractivity contribution in [2.45, 2.75) is 28.4 Å². The van der Waals surface area contributed by atoms with Gasteiger partial charge in [-0.15, -0.1) is 23.5 Å². The summed E-state index contributed by atoms with van der Waals surface area (Å²) in [5, 5.41) is 3.56. The van der Waals surface area contributed by atoms with E-state index in [4.69, 9.17) is 0 Å². The molecule has 1 atom stereocenters. The quantitative estimate of drug-likeness (QED) is 0.783. The van der Waals surface area contributed by atoms with Crippen LogP contribution >= 0.6 is 23.5 Å². The molecule has 1 aliphatic rings. The smallest absolute Gasteiger partial charge is 0.243 e. The Morgan fingerprint density at radius 3 is 2.92 bits per heavy atom. The van der Waals surface area contributed by atoms with Crippen molar-refractivity contribution in [3.05, 3.63) is 48.5 Å². The average molecular weight is 359 g/mol. The highest BCUT2D eigenvalue weighted by atomic mass is 32.2. The van der Waals surface area contributed by atoms with Crippen molar-refractivity contribution in [2.24, 2.45) is 0 Å². The molecular weight excluding hydrogens is 336 g/mol. The Kier molecular flexibility index (Phi) is 5.74. The summed E-state index contributed by atoms with van der Waals surface area (Å²) >= 11 is 3.60. The third-order valence-electron chi connectivity index (χ3n) is 4.07. The number of thioether (sulfide) groups is 2. The first-order valence-electron chi connectivity index (χ1n) is 8.14. The van der Waals surface area contributed by atoms with E-state index in [2.05, 4.69) is 35.3 Å². The SMILES string of the molecule is CC[C@@H]1CN(CC(=O)Nc2cccc(SC)c2)c2ccccc2S1. The fourth-order valence-electron chi connectivity index (χ4n) is 2.82. The lowest BCUT2D eigenvalue weighted by Gasteiger charge is -2.34.